The first-order valence-electron chi connectivity index (χ1n) is 7.86. The summed E-state index contributed by atoms with van der Waals surface area (Å²) in [5.74, 6) is 1.26. The lowest BCUT2D eigenvalue weighted by Crippen LogP contribution is -2.32. The van der Waals surface area contributed by atoms with Gasteiger partial charge < -0.3 is 4.74 Å². The number of ether oxygens (including phenoxy) is 1. The highest BCUT2D eigenvalue weighted by atomic mass is 35.5. The molecule has 2 aliphatic rings. The second-order valence-corrected chi connectivity index (χ2v) is 6.48. The number of halogens is 1. The third kappa shape index (κ3) is 2.52. The molecule has 1 aliphatic heterocycles. The molecule has 0 saturated heterocycles. The smallest absolute Gasteiger partial charge is 0.216 e. The summed E-state index contributed by atoms with van der Waals surface area (Å²) < 4.78 is 6.19. The predicted octanol–water partition coefficient (Wildman–Crippen LogP) is 5.03. The van der Waals surface area contributed by atoms with E-state index in [9.17, 15) is 0 Å². The molecule has 22 heavy (non-hydrogen) atoms. The molecule has 2 aromatic carbocycles. The summed E-state index contributed by atoms with van der Waals surface area (Å²) >= 11 is 5.98. The van der Waals surface area contributed by atoms with Crippen LogP contribution in [0.5, 0.6) is 0 Å². The Hall–Kier alpha value is -1.80. The van der Waals surface area contributed by atoms with Gasteiger partial charge in [0.25, 0.3) is 0 Å². The standard InChI is InChI=1S/C19H18ClNO/c20-15-11-9-14(10-12-15)19-21-18(13-5-2-1-3-6-13)16-7-4-8-17(16)22-19/h1-3,5-6,9-12,16-18H,4,7-8H2. The van der Waals surface area contributed by atoms with Crippen molar-refractivity contribution in [1.82, 2.24) is 0 Å². The quantitative estimate of drug-likeness (QED) is 0.762. The van der Waals surface area contributed by atoms with E-state index < -0.39 is 0 Å². The lowest BCUT2D eigenvalue weighted by atomic mass is 9.89. The van der Waals surface area contributed by atoms with Crippen LogP contribution in [0.25, 0.3) is 0 Å². The Morgan fingerprint density at radius 2 is 1.73 bits per heavy atom. The van der Waals surface area contributed by atoms with Gasteiger partial charge in [-0.2, -0.15) is 0 Å². The van der Waals surface area contributed by atoms with Crippen LogP contribution in [-0.4, -0.2) is 12.0 Å². The van der Waals surface area contributed by atoms with Crippen LogP contribution in [0, 0.1) is 5.92 Å². The lowest BCUT2D eigenvalue weighted by molar-refractivity contribution is 0.110. The summed E-state index contributed by atoms with van der Waals surface area (Å²) in [4.78, 5) is 4.95. The first-order chi connectivity index (χ1) is 10.8. The van der Waals surface area contributed by atoms with Gasteiger partial charge in [-0.05, 0) is 49.1 Å². The Labute approximate surface area is 135 Å². The molecule has 0 radical (unpaired) electrons. The van der Waals surface area contributed by atoms with E-state index in [2.05, 4.69) is 30.3 Å². The topological polar surface area (TPSA) is 21.6 Å². The van der Waals surface area contributed by atoms with Crippen LogP contribution in [0.3, 0.4) is 0 Å². The van der Waals surface area contributed by atoms with Gasteiger partial charge in [0.15, 0.2) is 0 Å². The molecule has 3 heteroatoms. The van der Waals surface area contributed by atoms with Gasteiger partial charge in [-0.3, -0.25) is 0 Å². The van der Waals surface area contributed by atoms with Crippen LogP contribution < -0.4 is 0 Å². The Bertz CT molecular complexity index is 680. The third-order valence-electron chi connectivity index (χ3n) is 4.66. The number of hydrogen-bond acceptors (Lipinski definition) is 2. The van der Waals surface area contributed by atoms with Crippen molar-refractivity contribution in [2.75, 3.05) is 0 Å². The van der Waals surface area contributed by atoms with Crippen molar-refractivity contribution in [1.29, 1.82) is 0 Å². The zero-order valence-electron chi connectivity index (χ0n) is 12.3. The minimum Gasteiger partial charge on any atom is -0.474 e. The molecule has 1 fully saturated rings. The molecule has 3 atom stereocenters. The highest BCUT2D eigenvalue weighted by Crippen LogP contribution is 2.43. The summed E-state index contributed by atoms with van der Waals surface area (Å²) in [6, 6.07) is 18.5. The molecule has 0 spiro atoms. The Balaban J connectivity index is 1.74. The Morgan fingerprint density at radius 1 is 0.955 bits per heavy atom. The average molecular weight is 312 g/mol. The number of hydrogen-bond donors (Lipinski definition) is 0. The lowest BCUT2D eigenvalue weighted by Gasteiger charge is -2.32. The van der Waals surface area contributed by atoms with E-state index in [-0.39, 0.29) is 12.1 Å². The van der Waals surface area contributed by atoms with Gasteiger partial charge in [0.1, 0.15) is 6.10 Å². The van der Waals surface area contributed by atoms with Gasteiger partial charge in [0, 0.05) is 16.5 Å². The van der Waals surface area contributed by atoms with Gasteiger partial charge >= 0.3 is 0 Å². The normalized spacial score (nSPS) is 27.0. The molecule has 3 unspecified atom stereocenters. The largest absolute Gasteiger partial charge is 0.474 e. The fourth-order valence-corrected chi connectivity index (χ4v) is 3.69. The predicted molar refractivity (Wildman–Crippen MR) is 89.4 cm³/mol. The van der Waals surface area contributed by atoms with Crippen molar-refractivity contribution in [3.63, 3.8) is 0 Å². The molecule has 2 aromatic rings. The van der Waals surface area contributed by atoms with Crippen molar-refractivity contribution in [2.24, 2.45) is 10.9 Å². The zero-order valence-corrected chi connectivity index (χ0v) is 13.0. The monoisotopic (exact) mass is 311 g/mol. The van der Waals surface area contributed by atoms with E-state index in [0.29, 0.717) is 5.92 Å². The first-order valence-corrected chi connectivity index (χ1v) is 8.24. The summed E-state index contributed by atoms with van der Waals surface area (Å²) in [7, 11) is 0. The van der Waals surface area contributed by atoms with E-state index in [1.165, 1.54) is 18.4 Å². The van der Waals surface area contributed by atoms with Gasteiger partial charge in [0.05, 0.1) is 6.04 Å². The highest BCUT2D eigenvalue weighted by Gasteiger charge is 2.40. The SMILES string of the molecule is Clc1ccc(C2=NC(c3ccccc3)C3CCCC3O2)cc1. The summed E-state index contributed by atoms with van der Waals surface area (Å²) in [5.41, 5.74) is 2.30. The van der Waals surface area contributed by atoms with E-state index >= 15 is 0 Å². The molecule has 0 aromatic heterocycles. The van der Waals surface area contributed by atoms with Crippen LogP contribution in [-0.2, 0) is 4.74 Å². The van der Waals surface area contributed by atoms with E-state index in [1.807, 2.05) is 24.3 Å². The van der Waals surface area contributed by atoms with Crippen molar-refractivity contribution < 1.29 is 4.74 Å². The van der Waals surface area contributed by atoms with Gasteiger partial charge in [-0.1, -0.05) is 41.9 Å². The molecule has 4 rings (SSSR count). The molecule has 0 bridgehead atoms. The first kappa shape index (κ1) is 13.8. The van der Waals surface area contributed by atoms with Gasteiger partial charge in [-0.25, -0.2) is 4.99 Å². The van der Waals surface area contributed by atoms with Crippen molar-refractivity contribution >= 4 is 17.5 Å². The van der Waals surface area contributed by atoms with Crippen LogP contribution in [0.1, 0.15) is 36.4 Å². The Kier molecular flexibility index (Phi) is 3.63. The number of fused-ring (bicyclic) bond motifs is 1. The number of rotatable bonds is 2. The number of aliphatic imine (C=N–C) groups is 1. The number of benzene rings is 2. The second-order valence-electron chi connectivity index (χ2n) is 6.05. The average Bonchev–Trinajstić information content (AvgIpc) is 3.04. The minimum atomic E-state index is 0.202. The molecular weight excluding hydrogens is 294 g/mol. The maximum absolute atomic E-state index is 6.19. The minimum absolute atomic E-state index is 0.202. The van der Waals surface area contributed by atoms with Crippen molar-refractivity contribution in [3.05, 3.63) is 70.7 Å². The van der Waals surface area contributed by atoms with Gasteiger partial charge in [0.2, 0.25) is 5.90 Å². The summed E-state index contributed by atoms with van der Waals surface area (Å²) in [5, 5.41) is 0.735. The van der Waals surface area contributed by atoms with E-state index in [4.69, 9.17) is 21.3 Å². The molecule has 2 nitrogen and oxygen atoms in total. The third-order valence-corrected chi connectivity index (χ3v) is 4.91. The zero-order chi connectivity index (χ0) is 14.9. The summed E-state index contributed by atoms with van der Waals surface area (Å²) in [6.45, 7) is 0. The van der Waals surface area contributed by atoms with Crippen LogP contribution >= 0.6 is 11.6 Å². The molecule has 112 valence electrons. The van der Waals surface area contributed by atoms with Crippen LogP contribution in [0.2, 0.25) is 5.02 Å². The molecule has 1 saturated carbocycles. The molecule has 0 amide bonds. The molecule has 0 N–H and O–H groups in total. The second kappa shape index (κ2) is 5.77. The molecular formula is C19H18ClNO. The molecule has 1 aliphatic carbocycles. The van der Waals surface area contributed by atoms with Crippen LogP contribution in [0.4, 0.5) is 0 Å². The Morgan fingerprint density at radius 3 is 2.50 bits per heavy atom. The van der Waals surface area contributed by atoms with Crippen molar-refractivity contribution in [3.8, 4) is 0 Å². The van der Waals surface area contributed by atoms with E-state index in [1.54, 1.807) is 0 Å². The van der Waals surface area contributed by atoms with Gasteiger partial charge in [-0.15, -0.1) is 0 Å². The number of nitrogens with zero attached hydrogens (tertiary/aromatic N) is 1. The summed E-state index contributed by atoms with van der Waals surface area (Å²) in [6.07, 6.45) is 3.83. The maximum atomic E-state index is 6.19. The van der Waals surface area contributed by atoms with E-state index in [0.717, 1.165) is 22.9 Å². The fraction of sp³-hybridized carbons (Fsp3) is 0.316. The highest BCUT2D eigenvalue weighted by molar-refractivity contribution is 6.30. The van der Waals surface area contributed by atoms with Crippen LogP contribution in [0.15, 0.2) is 59.6 Å². The van der Waals surface area contributed by atoms with Crippen molar-refractivity contribution in [2.45, 2.75) is 31.4 Å². The fourth-order valence-electron chi connectivity index (χ4n) is 3.57. The maximum Gasteiger partial charge on any atom is 0.216 e. The molecule has 1 heterocycles.